The van der Waals surface area contributed by atoms with Crippen molar-refractivity contribution in [2.24, 2.45) is 0 Å². The molecule has 0 saturated carbocycles. The minimum atomic E-state index is 0.478. The second-order valence-corrected chi connectivity index (χ2v) is 9.88. The average molecular weight is 505 g/mol. The monoisotopic (exact) mass is 504 g/mol. The summed E-state index contributed by atoms with van der Waals surface area (Å²) in [5, 5.41) is 6.04. The maximum Gasteiger partial charge on any atom is 0.294 e. The Morgan fingerprint density at radius 2 is 1.94 bits per heavy atom. The van der Waals surface area contributed by atoms with Crippen LogP contribution in [0.2, 0.25) is 0 Å². The third-order valence-corrected chi connectivity index (χ3v) is 7.78. The van der Waals surface area contributed by atoms with Gasteiger partial charge in [-0.3, -0.25) is 0 Å². The predicted octanol–water partition coefficient (Wildman–Crippen LogP) is 5.83. The number of hydrogen-bond donors (Lipinski definition) is 0. The van der Waals surface area contributed by atoms with Gasteiger partial charge in [0.15, 0.2) is 5.76 Å². The van der Waals surface area contributed by atoms with Gasteiger partial charge in [-0.2, -0.15) is 0 Å². The lowest BCUT2D eigenvalue weighted by atomic mass is 10.00. The van der Waals surface area contributed by atoms with Gasteiger partial charge in [0.05, 0.1) is 27.5 Å². The molecule has 0 unspecified atom stereocenters. The van der Waals surface area contributed by atoms with Crippen molar-refractivity contribution >= 4 is 33.0 Å². The molecule has 1 atom stereocenters. The molecule has 0 amide bonds. The second-order valence-electron chi connectivity index (χ2n) is 8.96. The van der Waals surface area contributed by atoms with Crippen LogP contribution in [0.15, 0.2) is 53.1 Å². The van der Waals surface area contributed by atoms with Gasteiger partial charge < -0.3 is 23.5 Å². The van der Waals surface area contributed by atoms with E-state index in [1.807, 2.05) is 18.3 Å². The van der Waals surface area contributed by atoms with E-state index in [0.29, 0.717) is 11.2 Å². The number of furan rings is 1. The Bertz CT molecular complexity index is 1490. The lowest BCUT2D eigenvalue weighted by Crippen LogP contribution is -2.29. The first-order chi connectivity index (χ1) is 17.6. The molecule has 0 spiro atoms. The van der Waals surface area contributed by atoms with E-state index in [4.69, 9.17) is 18.6 Å². The van der Waals surface area contributed by atoms with E-state index in [-0.39, 0.29) is 0 Å². The number of hydrogen-bond acceptors (Lipinski definition) is 8. The van der Waals surface area contributed by atoms with Gasteiger partial charge in [0.2, 0.25) is 4.96 Å². The van der Waals surface area contributed by atoms with E-state index in [9.17, 15) is 0 Å². The zero-order valence-electron chi connectivity index (χ0n) is 20.6. The molecule has 1 fully saturated rings. The van der Waals surface area contributed by atoms with Crippen molar-refractivity contribution in [2.75, 3.05) is 32.8 Å². The standard InChI is InChI=1S/C27H28N4O4S/c1-32-20-8-4-6-19(13-20)30-11-5-7-18(30)10-9-17-12-21(33-2)14-24-22(17)15-25(35-24)23-16-31-26(28-23)36-27(29-31)34-3/h4,6,8,12-16,18H,5,7,9-11H2,1-3H3/t18-/m0/s1. The fourth-order valence-electron chi connectivity index (χ4n) is 5.10. The molecule has 0 radical (unpaired) electrons. The van der Waals surface area contributed by atoms with Crippen molar-refractivity contribution in [1.29, 1.82) is 0 Å². The number of nitrogens with zero attached hydrogens (tertiary/aromatic N) is 4. The first-order valence-corrected chi connectivity index (χ1v) is 12.9. The minimum Gasteiger partial charge on any atom is -0.497 e. The van der Waals surface area contributed by atoms with Crippen molar-refractivity contribution in [3.63, 3.8) is 0 Å². The minimum absolute atomic E-state index is 0.478. The second kappa shape index (κ2) is 9.39. The van der Waals surface area contributed by atoms with Crippen molar-refractivity contribution < 1.29 is 18.6 Å². The smallest absolute Gasteiger partial charge is 0.294 e. The van der Waals surface area contributed by atoms with E-state index in [0.717, 1.165) is 58.3 Å². The molecule has 9 heteroatoms. The van der Waals surface area contributed by atoms with Gasteiger partial charge in [-0.15, -0.1) is 5.10 Å². The number of aryl methyl sites for hydroxylation is 1. The van der Waals surface area contributed by atoms with Gasteiger partial charge in [0, 0.05) is 35.8 Å². The van der Waals surface area contributed by atoms with Gasteiger partial charge >= 0.3 is 0 Å². The Balaban J connectivity index is 1.28. The quantitative estimate of drug-likeness (QED) is 0.263. The highest BCUT2D eigenvalue weighted by atomic mass is 32.1. The Hall–Kier alpha value is -3.72. The van der Waals surface area contributed by atoms with E-state index < -0.39 is 0 Å². The Kier molecular flexibility index (Phi) is 5.92. The van der Waals surface area contributed by atoms with E-state index in [1.165, 1.54) is 35.4 Å². The molecule has 8 nitrogen and oxygen atoms in total. The van der Waals surface area contributed by atoms with Crippen LogP contribution in [0.3, 0.4) is 0 Å². The summed E-state index contributed by atoms with van der Waals surface area (Å²) in [5.74, 6) is 2.41. The number of rotatable bonds is 8. The fraction of sp³-hybridized carbons (Fsp3) is 0.333. The Morgan fingerprint density at radius 1 is 1.06 bits per heavy atom. The summed E-state index contributed by atoms with van der Waals surface area (Å²) in [7, 11) is 5.02. The van der Waals surface area contributed by atoms with Gasteiger partial charge in [0.1, 0.15) is 22.8 Å². The van der Waals surface area contributed by atoms with Crippen LogP contribution in [0.1, 0.15) is 24.8 Å². The van der Waals surface area contributed by atoms with Crippen LogP contribution in [0.5, 0.6) is 16.7 Å². The van der Waals surface area contributed by atoms with Crippen molar-refractivity contribution in [2.45, 2.75) is 31.7 Å². The number of fused-ring (bicyclic) bond motifs is 2. The maximum atomic E-state index is 6.25. The predicted molar refractivity (Wildman–Crippen MR) is 141 cm³/mol. The highest BCUT2D eigenvalue weighted by molar-refractivity contribution is 7.18. The molecule has 1 aliphatic rings. The van der Waals surface area contributed by atoms with Crippen LogP contribution in [0.25, 0.3) is 27.4 Å². The number of methoxy groups -OCH3 is 3. The Labute approximate surface area is 213 Å². The van der Waals surface area contributed by atoms with Gasteiger partial charge in [0.25, 0.3) is 5.19 Å². The number of aromatic nitrogens is 3. The zero-order chi connectivity index (χ0) is 24.6. The largest absolute Gasteiger partial charge is 0.497 e. The normalized spacial score (nSPS) is 15.8. The van der Waals surface area contributed by atoms with Crippen LogP contribution >= 0.6 is 11.3 Å². The molecular weight excluding hydrogens is 476 g/mol. The summed E-state index contributed by atoms with van der Waals surface area (Å²) in [4.78, 5) is 7.96. The van der Waals surface area contributed by atoms with E-state index in [2.05, 4.69) is 45.3 Å². The average Bonchev–Trinajstić information content (AvgIpc) is 3.69. The molecule has 2 aromatic carbocycles. The van der Waals surface area contributed by atoms with Gasteiger partial charge in [-0.05, 0) is 66.8 Å². The summed E-state index contributed by atoms with van der Waals surface area (Å²) < 4.78 is 24.2. The number of anilines is 1. The Morgan fingerprint density at radius 3 is 2.75 bits per heavy atom. The molecule has 0 aliphatic carbocycles. The number of imidazole rings is 1. The SMILES string of the molecule is COc1cccc(N2CCC[C@H]2CCc2cc(OC)cc3oc(-c4cn5nc(OC)sc5n4)cc23)c1. The van der Waals surface area contributed by atoms with Crippen LogP contribution in [0, 0.1) is 0 Å². The first kappa shape index (κ1) is 22.7. The third kappa shape index (κ3) is 4.13. The maximum absolute atomic E-state index is 6.25. The molecule has 0 bridgehead atoms. The highest BCUT2D eigenvalue weighted by Gasteiger charge is 2.25. The lowest BCUT2D eigenvalue weighted by Gasteiger charge is -2.27. The summed E-state index contributed by atoms with van der Waals surface area (Å²) in [6.45, 7) is 1.07. The first-order valence-electron chi connectivity index (χ1n) is 12.1. The third-order valence-electron chi connectivity index (χ3n) is 6.89. The molecule has 3 aromatic heterocycles. The topological polar surface area (TPSA) is 74.3 Å². The summed E-state index contributed by atoms with van der Waals surface area (Å²) in [6, 6.07) is 15.0. The number of benzene rings is 2. The molecule has 5 aromatic rings. The molecule has 4 heterocycles. The molecule has 1 aliphatic heterocycles. The fourth-order valence-corrected chi connectivity index (χ4v) is 5.80. The van der Waals surface area contributed by atoms with Crippen LogP contribution in [-0.2, 0) is 6.42 Å². The van der Waals surface area contributed by atoms with Crippen LogP contribution in [-0.4, -0.2) is 48.5 Å². The van der Waals surface area contributed by atoms with Gasteiger partial charge in [-0.1, -0.05) is 6.07 Å². The van der Waals surface area contributed by atoms with E-state index in [1.54, 1.807) is 25.8 Å². The summed E-state index contributed by atoms with van der Waals surface area (Å²) >= 11 is 1.40. The van der Waals surface area contributed by atoms with Crippen molar-refractivity contribution in [3.8, 4) is 28.1 Å². The van der Waals surface area contributed by atoms with Crippen molar-refractivity contribution in [3.05, 3.63) is 54.2 Å². The molecule has 36 heavy (non-hydrogen) atoms. The van der Waals surface area contributed by atoms with Crippen LogP contribution in [0.4, 0.5) is 5.69 Å². The van der Waals surface area contributed by atoms with Crippen LogP contribution < -0.4 is 19.1 Å². The summed E-state index contributed by atoms with van der Waals surface area (Å²) in [6.07, 6.45) is 6.22. The molecule has 186 valence electrons. The molecular formula is C27H28N4O4S. The molecule has 1 saturated heterocycles. The zero-order valence-corrected chi connectivity index (χ0v) is 21.4. The number of ether oxygens (including phenoxy) is 3. The molecule has 0 N–H and O–H groups in total. The van der Waals surface area contributed by atoms with E-state index >= 15 is 0 Å². The van der Waals surface area contributed by atoms with Crippen molar-refractivity contribution in [1.82, 2.24) is 14.6 Å². The summed E-state index contributed by atoms with van der Waals surface area (Å²) in [5.41, 5.74) is 4.00. The lowest BCUT2D eigenvalue weighted by molar-refractivity contribution is 0.405. The van der Waals surface area contributed by atoms with Gasteiger partial charge in [-0.25, -0.2) is 9.50 Å². The molecule has 6 rings (SSSR count). The highest BCUT2D eigenvalue weighted by Crippen LogP contribution is 2.36.